The average molecular weight is 439 g/mol. The highest BCUT2D eigenvalue weighted by Gasteiger charge is 2.26. The minimum absolute atomic E-state index is 0.0597. The van der Waals surface area contributed by atoms with Crippen LogP contribution in [0.15, 0.2) is 83.9 Å². The van der Waals surface area contributed by atoms with Gasteiger partial charge in [0.05, 0.1) is 18.8 Å². The molecular formula is C27H26N4O2. The Morgan fingerprint density at radius 3 is 2.70 bits per heavy atom. The molecule has 0 saturated heterocycles. The van der Waals surface area contributed by atoms with E-state index < -0.39 is 5.91 Å². The predicted molar refractivity (Wildman–Crippen MR) is 129 cm³/mol. The molecule has 0 saturated carbocycles. The fraction of sp³-hybridized carbons (Fsp3) is 0.222. The minimum Gasteiger partial charge on any atom is -0.310 e. The Kier molecular flexibility index (Phi) is 5.65. The summed E-state index contributed by atoms with van der Waals surface area (Å²) in [7, 11) is 0. The molecule has 2 heterocycles. The van der Waals surface area contributed by atoms with Crippen molar-refractivity contribution in [2.75, 3.05) is 5.32 Å². The van der Waals surface area contributed by atoms with Crippen molar-refractivity contribution in [3.05, 3.63) is 117 Å². The maximum atomic E-state index is 13.2. The van der Waals surface area contributed by atoms with E-state index in [1.807, 2.05) is 48.0 Å². The minimum atomic E-state index is -0.420. The van der Waals surface area contributed by atoms with Crippen LogP contribution in [0.3, 0.4) is 0 Å². The Bertz CT molecular complexity index is 1350. The molecule has 2 aromatic heterocycles. The lowest BCUT2D eigenvalue weighted by Gasteiger charge is -2.27. The van der Waals surface area contributed by atoms with Gasteiger partial charge in [0.2, 0.25) is 0 Å². The Morgan fingerprint density at radius 1 is 1.06 bits per heavy atom. The summed E-state index contributed by atoms with van der Waals surface area (Å²) in [6, 6.07) is 21.5. The van der Waals surface area contributed by atoms with Gasteiger partial charge in [0.25, 0.3) is 11.5 Å². The molecule has 1 atom stereocenters. The Labute approximate surface area is 192 Å². The fourth-order valence-electron chi connectivity index (χ4n) is 4.61. The number of nitrogens with zero attached hydrogens (tertiary/aromatic N) is 3. The van der Waals surface area contributed by atoms with Crippen LogP contribution < -0.4 is 10.9 Å². The molecule has 0 radical (unpaired) electrons. The maximum absolute atomic E-state index is 13.2. The van der Waals surface area contributed by atoms with E-state index in [-0.39, 0.29) is 17.2 Å². The Balaban J connectivity index is 1.44. The molecular weight excluding hydrogens is 412 g/mol. The van der Waals surface area contributed by atoms with Gasteiger partial charge in [-0.1, -0.05) is 54.6 Å². The van der Waals surface area contributed by atoms with Gasteiger partial charge >= 0.3 is 0 Å². The first-order valence-corrected chi connectivity index (χ1v) is 11.3. The van der Waals surface area contributed by atoms with Crippen LogP contribution in [0.5, 0.6) is 0 Å². The third-order valence-electron chi connectivity index (χ3n) is 6.30. The van der Waals surface area contributed by atoms with Crippen molar-refractivity contribution in [1.82, 2.24) is 14.3 Å². The molecule has 6 heteroatoms. The Hall–Kier alpha value is -3.93. The highest BCUT2D eigenvalue weighted by Crippen LogP contribution is 2.35. The third-order valence-corrected chi connectivity index (χ3v) is 6.30. The van der Waals surface area contributed by atoms with E-state index in [9.17, 15) is 9.59 Å². The lowest BCUT2D eigenvalue weighted by Crippen LogP contribution is -2.30. The van der Waals surface area contributed by atoms with Crippen molar-refractivity contribution < 1.29 is 4.79 Å². The molecule has 1 N–H and O–H groups in total. The van der Waals surface area contributed by atoms with Gasteiger partial charge in [-0.25, -0.2) is 4.68 Å². The van der Waals surface area contributed by atoms with Gasteiger partial charge < -0.3 is 9.88 Å². The summed E-state index contributed by atoms with van der Waals surface area (Å²) in [5.41, 5.74) is 4.24. The smallest absolute Gasteiger partial charge is 0.263 e. The van der Waals surface area contributed by atoms with Crippen LogP contribution in [0.2, 0.25) is 0 Å². The van der Waals surface area contributed by atoms with E-state index in [1.165, 1.54) is 11.1 Å². The molecule has 6 nitrogen and oxygen atoms in total. The van der Waals surface area contributed by atoms with Gasteiger partial charge in [0, 0.05) is 11.8 Å². The highest BCUT2D eigenvalue weighted by atomic mass is 16.2. The predicted octanol–water partition coefficient (Wildman–Crippen LogP) is 4.58. The number of pyridine rings is 1. The van der Waals surface area contributed by atoms with Gasteiger partial charge in [0.1, 0.15) is 11.4 Å². The molecule has 5 rings (SSSR count). The first-order chi connectivity index (χ1) is 16.1. The average Bonchev–Trinajstić information content (AvgIpc) is 3.20. The molecule has 1 aliphatic carbocycles. The summed E-state index contributed by atoms with van der Waals surface area (Å²) in [5, 5.41) is 7.58. The van der Waals surface area contributed by atoms with E-state index in [0.29, 0.717) is 12.4 Å². The summed E-state index contributed by atoms with van der Waals surface area (Å²) in [4.78, 5) is 26.3. The molecule has 2 aromatic carbocycles. The zero-order valence-corrected chi connectivity index (χ0v) is 18.6. The van der Waals surface area contributed by atoms with Crippen LogP contribution in [-0.2, 0) is 13.0 Å². The van der Waals surface area contributed by atoms with Crippen molar-refractivity contribution >= 4 is 11.7 Å². The van der Waals surface area contributed by atoms with Gasteiger partial charge in [-0.2, -0.15) is 5.10 Å². The number of carbonyl (C=O) groups is 1. The van der Waals surface area contributed by atoms with Crippen LogP contribution in [0.25, 0.3) is 0 Å². The Morgan fingerprint density at radius 2 is 1.85 bits per heavy atom. The number of nitrogens with one attached hydrogen (secondary N) is 1. The topological polar surface area (TPSA) is 68.9 Å². The number of rotatable bonds is 5. The number of aromatic nitrogens is 3. The summed E-state index contributed by atoms with van der Waals surface area (Å²) < 4.78 is 3.46. The number of anilines is 1. The van der Waals surface area contributed by atoms with Crippen molar-refractivity contribution in [1.29, 1.82) is 0 Å². The number of hydrogen-bond donors (Lipinski definition) is 1. The normalized spacial score (nSPS) is 15.1. The van der Waals surface area contributed by atoms with E-state index in [4.69, 9.17) is 0 Å². The summed E-state index contributed by atoms with van der Waals surface area (Å²) in [6.07, 6.45) is 6.55. The number of fused-ring (bicyclic) bond motifs is 1. The van der Waals surface area contributed by atoms with Crippen LogP contribution >= 0.6 is 0 Å². The maximum Gasteiger partial charge on any atom is 0.263 e. The SMILES string of the molecule is Cc1cnn(C2CCCc3ccccc32)c1NC(=O)c1cccn(Cc2ccccc2)c1=O. The van der Waals surface area contributed by atoms with E-state index in [2.05, 4.69) is 28.6 Å². The fourth-order valence-corrected chi connectivity index (χ4v) is 4.61. The van der Waals surface area contributed by atoms with Crippen molar-refractivity contribution in [2.45, 2.75) is 38.8 Å². The van der Waals surface area contributed by atoms with Crippen molar-refractivity contribution in [3.8, 4) is 0 Å². The number of benzene rings is 2. The van der Waals surface area contributed by atoms with Crippen molar-refractivity contribution in [3.63, 3.8) is 0 Å². The highest BCUT2D eigenvalue weighted by molar-refractivity contribution is 6.03. The van der Waals surface area contributed by atoms with Crippen LogP contribution in [0, 0.1) is 6.92 Å². The molecule has 0 spiro atoms. The second-order valence-corrected chi connectivity index (χ2v) is 8.52. The van der Waals surface area contributed by atoms with E-state index in [1.54, 1.807) is 29.1 Å². The lowest BCUT2D eigenvalue weighted by atomic mass is 9.88. The lowest BCUT2D eigenvalue weighted by molar-refractivity contribution is 0.102. The number of aryl methyl sites for hydroxylation is 2. The molecule has 33 heavy (non-hydrogen) atoms. The quantitative estimate of drug-likeness (QED) is 0.496. The van der Waals surface area contributed by atoms with Crippen LogP contribution in [-0.4, -0.2) is 20.3 Å². The van der Waals surface area contributed by atoms with Gasteiger partial charge in [-0.15, -0.1) is 0 Å². The second-order valence-electron chi connectivity index (χ2n) is 8.52. The molecule has 1 unspecified atom stereocenters. The first-order valence-electron chi connectivity index (χ1n) is 11.3. The zero-order chi connectivity index (χ0) is 22.8. The first kappa shape index (κ1) is 20.9. The number of hydrogen-bond acceptors (Lipinski definition) is 3. The second kappa shape index (κ2) is 8.90. The molecule has 1 amide bonds. The molecule has 0 aliphatic heterocycles. The molecule has 0 fully saturated rings. The molecule has 1 aliphatic rings. The van der Waals surface area contributed by atoms with Crippen molar-refractivity contribution in [2.24, 2.45) is 0 Å². The standard InChI is InChI=1S/C27H26N4O2/c1-19-17-28-31(24-15-7-12-21-11-5-6-13-22(21)24)25(19)29-26(32)23-14-8-16-30(27(23)33)18-20-9-3-2-4-10-20/h2-6,8-11,13-14,16-17,24H,7,12,15,18H2,1H3,(H,29,32). The van der Waals surface area contributed by atoms with E-state index >= 15 is 0 Å². The largest absolute Gasteiger partial charge is 0.310 e. The van der Waals surface area contributed by atoms with E-state index in [0.717, 1.165) is 30.4 Å². The van der Waals surface area contributed by atoms with Crippen LogP contribution in [0.4, 0.5) is 5.82 Å². The summed E-state index contributed by atoms with van der Waals surface area (Å²) >= 11 is 0. The summed E-state index contributed by atoms with van der Waals surface area (Å²) in [6.45, 7) is 2.34. The third kappa shape index (κ3) is 4.12. The van der Waals surface area contributed by atoms with Crippen LogP contribution in [0.1, 0.15) is 51.5 Å². The molecule has 166 valence electrons. The number of carbonyl (C=O) groups excluding carboxylic acids is 1. The monoisotopic (exact) mass is 438 g/mol. The van der Waals surface area contributed by atoms with Gasteiger partial charge in [-0.3, -0.25) is 9.59 Å². The molecule has 4 aromatic rings. The number of amides is 1. The summed E-state index contributed by atoms with van der Waals surface area (Å²) in [5.74, 6) is 0.218. The van der Waals surface area contributed by atoms with Gasteiger partial charge in [0.15, 0.2) is 0 Å². The van der Waals surface area contributed by atoms with Gasteiger partial charge in [-0.05, 0) is 55.0 Å². The molecule has 0 bridgehead atoms. The zero-order valence-electron chi connectivity index (χ0n) is 18.6.